The van der Waals surface area contributed by atoms with Gasteiger partial charge in [-0.25, -0.2) is 0 Å². The first-order chi connectivity index (χ1) is 12.6. The van der Waals surface area contributed by atoms with E-state index in [-0.39, 0.29) is 34.7 Å². The predicted molar refractivity (Wildman–Crippen MR) is 115 cm³/mol. The first kappa shape index (κ1) is 21.2. The molecular formula is C20H20Br2Cl2O3. The van der Waals surface area contributed by atoms with Crippen LogP contribution in [0.1, 0.15) is 30.7 Å². The van der Waals surface area contributed by atoms with E-state index in [0.717, 1.165) is 11.3 Å². The molecule has 0 radical (unpaired) electrons. The molecule has 1 unspecified atom stereocenters. The molecule has 0 bridgehead atoms. The van der Waals surface area contributed by atoms with Gasteiger partial charge in [-0.05, 0) is 38.9 Å². The average molecular weight is 539 g/mol. The molecule has 1 aliphatic carbocycles. The number of carbonyl (C=O) groups is 1. The van der Waals surface area contributed by atoms with Crippen molar-refractivity contribution in [1.82, 2.24) is 0 Å². The fraction of sp³-hybridized carbons (Fsp3) is 0.450. The molecule has 0 amide bonds. The van der Waals surface area contributed by atoms with E-state index in [1.807, 2.05) is 50.2 Å². The fourth-order valence-electron chi connectivity index (χ4n) is 3.51. The highest BCUT2D eigenvalue weighted by Gasteiger charge is 2.67. The standard InChI is InChI=1S/C20H20Br2Cl2O3/c1-19(2)15(17(21)20(22,23)24)16(19)18(25)27-11-13-9-14(26-10-13)8-12-6-4-3-5-7-12/h3-7,9-10,15-17H,8,11H2,1-2H3/t15-,16-,17?/m0/s1. The minimum Gasteiger partial charge on any atom is -0.469 e. The molecular weight excluding hydrogens is 519 g/mol. The van der Waals surface area contributed by atoms with Gasteiger partial charge in [0.05, 0.1) is 17.0 Å². The topological polar surface area (TPSA) is 39.4 Å². The van der Waals surface area contributed by atoms with Gasteiger partial charge in [0.1, 0.15) is 12.4 Å². The lowest BCUT2D eigenvalue weighted by Crippen LogP contribution is -2.23. The zero-order valence-electron chi connectivity index (χ0n) is 14.9. The maximum Gasteiger partial charge on any atom is 0.310 e. The van der Waals surface area contributed by atoms with Crippen LogP contribution in [0.4, 0.5) is 0 Å². The Kier molecular flexibility index (Phi) is 6.36. The van der Waals surface area contributed by atoms with Gasteiger partial charge in [0.2, 0.25) is 0 Å². The van der Waals surface area contributed by atoms with Crippen LogP contribution in [0, 0.1) is 17.3 Å². The zero-order chi connectivity index (χ0) is 19.8. The van der Waals surface area contributed by atoms with E-state index in [2.05, 4.69) is 31.9 Å². The molecule has 0 saturated heterocycles. The van der Waals surface area contributed by atoms with Crippen LogP contribution in [-0.4, -0.2) is 14.0 Å². The molecule has 2 aromatic rings. The lowest BCUT2D eigenvalue weighted by molar-refractivity contribution is -0.147. The number of carbonyl (C=O) groups excluding carboxylic acids is 1. The first-order valence-electron chi connectivity index (χ1n) is 8.58. The Balaban J connectivity index is 1.56. The van der Waals surface area contributed by atoms with E-state index in [4.69, 9.17) is 32.4 Å². The summed E-state index contributed by atoms with van der Waals surface area (Å²) in [6, 6.07) is 12.0. The Labute approximate surface area is 186 Å². The van der Waals surface area contributed by atoms with Gasteiger partial charge < -0.3 is 9.15 Å². The highest BCUT2D eigenvalue weighted by atomic mass is 79.9. The quantitative estimate of drug-likeness (QED) is 0.299. The van der Waals surface area contributed by atoms with Crippen molar-refractivity contribution in [2.24, 2.45) is 17.3 Å². The van der Waals surface area contributed by atoms with Crippen LogP contribution in [0.2, 0.25) is 0 Å². The van der Waals surface area contributed by atoms with Gasteiger partial charge in [-0.2, -0.15) is 0 Å². The zero-order valence-corrected chi connectivity index (χ0v) is 19.6. The monoisotopic (exact) mass is 536 g/mol. The molecule has 1 aromatic heterocycles. The van der Waals surface area contributed by atoms with Crippen molar-refractivity contribution in [3.05, 3.63) is 59.5 Å². The lowest BCUT2D eigenvalue weighted by atomic mass is 10.1. The molecule has 0 N–H and O–H groups in total. The lowest BCUT2D eigenvalue weighted by Gasteiger charge is -2.19. The fourth-order valence-corrected chi connectivity index (χ4v) is 5.06. The molecule has 1 aliphatic rings. The summed E-state index contributed by atoms with van der Waals surface area (Å²) in [6.45, 7) is 4.21. The van der Waals surface area contributed by atoms with Gasteiger partial charge >= 0.3 is 5.97 Å². The molecule has 1 aromatic carbocycles. The second-order valence-corrected chi connectivity index (χ2v) is 12.0. The molecule has 0 spiro atoms. The van der Waals surface area contributed by atoms with Gasteiger partial charge in [0.25, 0.3) is 0 Å². The number of alkyl halides is 4. The third kappa shape index (κ3) is 4.92. The van der Waals surface area contributed by atoms with Crippen molar-refractivity contribution >= 4 is 61.0 Å². The molecule has 3 atom stereocenters. The third-order valence-corrected chi connectivity index (χ3v) is 8.46. The number of ether oxygens (including phenoxy) is 1. The van der Waals surface area contributed by atoms with Gasteiger partial charge in [0.15, 0.2) is 3.24 Å². The van der Waals surface area contributed by atoms with Gasteiger partial charge in [-0.3, -0.25) is 4.79 Å². The number of hydrogen-bond donors (Lipinski definition) is 0. The molecule has 3 nitrogen and oxygen atoms in total. The van der Waals surface area contributed by atoms with E-state index < -0.39 is 3.24 Å². The summed E-state index contributed by atoms with van der Waals surface area (Å²) in [7, 11) is 0. The van der Waals surface area contributed by atoms with Crippen molar-refractivity contribution in [3.8, 4) is 0 Å². The van der Waals surface area contributed by atoms with E-state index in [1.165, 1.54) is 5.56 Å². The Bertz CT molecular complexity index is 799. The number of benzene rings is 1. The molecule has 146 valence electrons. The highest BCUT2D eigenvalue weighted by Crippen LogP contribution is 2.65. The molecule has 1 fully saturated rings. The second kappa shape index (κ2) is 8.10. The van der Waals surface area contributed by atoms with Crippen molar-refractivity contribution < 1.29 is 13.9 Å². The van der Waals surface area contributed by atoms with E-state index in [0.29, 0.717) is 6.42 Å². The normalized spacial score (nSPS) is 22.3. The molecule has 1 saturated carbocycles. The number of halogens is 4. The van der Waals surface area contributed by atoms with E-state index in [9.17, 15) is 4.79 Å². The van der Waals surface area contributed by atoms with Crippen molar-refractivity contribution in [2.75, 3.05) is 0 Å². The molecule has 7 heteroatoms. The Morgan fingerprint density at radius 3 is 2.59 bits per heavy atom. The maximum atomic E-state index is 12.6. The second-order valence-electron chi connectivity index (χ2n) is 7.46. The van der Waals surface area contributed by atoms with Crippen molar-refractivity contribution in [2.45, 2.75) is 34.9 Å². The smallest absolute Gasteiger partial charge is 0.310 e. The SMILES string of the molecule is CC1(C)[C@H](C(=O)OCc2coc(Cc3ccccc3)c2)[C@H]1C(Br)C(Cl)(Cl)Br. The van der Waals surface area contributed by atoms with Gasteiger partial charge in [-0.1, -0.05) is 83.3 Å². The molecule has 3 rings (SSSR count). The maximum absolute atomic E-state index is 12.6. The minimum absolute atomic E-state index is 0.0163. The van der Waals surface area contributed by atoms with Crippen LogP contribution < -0.4 is 0 Å². The summed E-state index contributed by atoms with van der Waals surface area (Å²) < 4.78 is 9.97. The number of esters is 1. The Hall–Kier alpha value is -0.490. The summed E-state index contributed by atoms with van der Waals surface area (Å²) >= 11 is 19.0. The largest absolute Gasteiger partial charge is 0.469 e. The number of rotatable bonds is 7. The van der Waals surface area contributed by atoms with Crippen LogP contribution in [0.5, 0.6) is 0 Å². The Morgan fingerprint density at radius 2 is 1.96 bits per heavy atom. The van der Waals surface area contributed by atoms with Gasteiger partial charge in [0, 0.05) is 12.0 Å². The summed E-state index contributed by atoms with van der Waals surface area (Å²) in [5.74, 6) is 0.320. The summed E-state index contributed by atoms with van der Waals surface area (Å²) in [4.78, 5) is 12.3. The number of furan rings is 1. The van der Waals surface area contributed by atoms with E-state index >= 15 is 0 Å². The van der Waals surface area contributed by atoms with Crippen LogP contribution >= 0.6 is 55.1 Å². The first-order valence-corrected chi connectivity index (χ1v) is 11.0. The highest BCUT2D eigenvalue weighted by molar-refractivity contribution is 9.13. The van der Waals surface area contributed by atoms with Crippen molar-refractivity contribution in [1.29, 1.82) is 0 Å². The predicted octanol–water partition coefficient (Wildman–Crippen LogP) is 6.48. The summed E-state index contributed by atoms with van der Waals surface area (Å²) in [5, 5.41) is 0. The molecule has 0 aliphatic heterocycles. The minimum atomic E-state index is -1.14. The van der Waals surface area contributed by atoms with Crippen LogP contribution in [-0.2, 0) is 22.6 Å². The molecule has 1 heterocycles. The average Bonchev–Trinajstić information content (AvgIpc) is 2.93. The third-order valence-electron chi connectivity index (χ3n) is 5.10. The number of hydrogen-bond acceptors (Lipinski definition) is 3. The van der Waals surface area contributed by atoms with Crippen molar-refractivity contribution in [3.63, 3.8) is 0 Å². The van der Waals surface area contributed by atoms with Crippen LogP contribution in [0.15, 0.2) is 47.1 Å². The van der Waals surface area contributed by atoms with Gasteiger partial charge in [-0.15, -0.1) is 0 Å². The Morgan fingerprint density at radius 1 is 1.30 bits per heavy atom. The summed E-state index contributed by atoms with van der Waals surface area (Å²) in [5.41, 5.74) is 1.77. The summed E-state index contributed by atoms with van der Waals surface area (Å²) in [6.07, 6.45) is 2.34. The van der Waals surface area contributed by atoms with E-state index in [1.54, 1.807) is 6.26 Å². The molecule has 27 heavy (non-hydrogen) atoms. The van der Waals surface area contributed by atoms with Crippen LogP contribution in [0.3, 0.4) is 0 Å². The van der Waals surface area contributed by atoms with Crippen LogP contribution in [0.25, 0.3) is 0 Å².